The highest BCUT2D eigenvalue weighted by Gasteiger charge is 2.09. The number of benzene rings is 4. The third kappa shape index (κ3) is 2.55. The van der Waals surface area contributed by atoms with Gasteiger partial charge in [-0.05, 0) is 48.0 Å². The molecule has 0 aliphatic carbocycles. The van der Waals surface area contributed by atoms with E-state index in [2.05, 4.69) is 52.9 Å². The van der Waals surface area contributed by atoms with Gasteiger partial charge in [-0.3, -0.25) is 4.99 Å². The van der Waals surface area contributed by atoms with E-state index in [0.29, 0.717) is 0 Å². The smallest absolute Gasteiger partial charge is 0.124 e. The van der Waals surface area contributed by atoms with Crippen molar-refractivity contribution in [2.75, 3.05) is 0 Å². The Bertz CT molecular complexity index is 1360. The van der Waals surface area contributed by atoms with Crippen LogP contribution in [0.1, 0.15) is 12.5 Å². The molecule has 3 heteroatoms. The molecule has 0 radical (unpaired) electrons. The first-order valence-corrected chi connectivity index (χ1v) is 9.52. The summed E-state index contributed by atoms with van der Waals surface area (Å²) in [5, 5.41) is 14.9. The van der Waals surface area contributed by atoms with Crippen LogP contribution >= 0.6 is 0 Å². The molecule has 28 heavy (non-hydrogen) atoms. The summed E-state index contributed by atoms with van der Waals surface area (Å²) in [6, 6.07) is 26.4. The molecule has 5 aromatic rings. The number of aromatic hydroxyl groups is 1. The minimum Gasteiger partial charge on any atom is -0.507 e. The zero-order valence-electron chi connectivity index (χ0n) is 15.6. The Labute approximate surface area is 163 Å². The summed E-state index contributed by atoms with van der Waals surface area (Å²) in [5.41, 5.74) is 4.08. The zero-order valence-corrected chi connectivity index (χ0v) is 15.6. The highest BCUT2D eigenvalue weighted by atomic mass is 16.3. The molecule has 4 aromatic carbocycles. The van der Waals surface area contributed by atoms with Gasteiger partial charge in [0, 0.05) is 40.1 Å². The minimum atomic E-state index is 0.242. The van der Waals surface area contributed by atoms with Gasteiger partial charge in [-0.25, -0.2) is 0 Å². The van der Waals surface area contributed by atoms with Crippen LogP contribution in [0.4, 0.5) is 5.69 Å². The SMILES string of the molecule is CCn1c2ccccc2c2cc(N=Cc3c(O)ccc4ccccc34)ccc21. The third-order valence-electron chi connectivity index (χ3n) is 5.36. The summed E-state index contributed by atoms with van der Waals surface area (Å²) in [4.78, 5) is 4.69. The third-order valence-corrected chi connectivity index (χ3v) is 5.36. The van der Waals surface area contributed by atoms with Gasteiger partial charge in [0.05, 0.1) is 5.69 Å². The molecule has 5 rings (SSSR count). The van der Waals surface area contributed by atoms with Crippen LogP contribution in [-0.4, -0.2) is 15.9 Å². The van der Waals surface area contributed by atoms with Crippen LogP contribution in [0.3, 0.4) is 0 Å². The zero-order chi connectivity index (χ0) is 19.1. The van der Waals surface area contributed by atoms with E-state index in [1.807, 2.05) is 36.4 Å². The molecular formula is C25H20N2O. The molecule has 1 heterocycles. The predicted molar refractivity (Wildman–Crippen MR) is 118 cm³/mol. The van der Waals surface area contributed by atoms with Crippen LogP contribution in [0.2, 0.25) is 0 Å². The lowest BCUT2D eigenvalue weighted by atomic mass is 10.0. The van der Waals surface area contributed by atoms with Crippen LogP contribution in [0.5, 0.6) is 5.75 Å². The molecule has 0 spiro atoms. The van der Waals surface area contributed by atoms with Crippen molar-refractivity contribution in [3.63, 3.8) is 0 Å². The maximum atomic E-state index is 10.3. The monoisotopic (exact) mass is 364 g/mol. The van der Waals surface area contributed by atoms with Crippen molar-refractivity contribution in [1.82, 2.24) is 4.57 Å². The second-order valence-electron chi connectivity index (χ2n) is 6.94. The molecule has 0 amide bonds. The second-order valence-corrected chi connectivity index (χ2v) is 6.94. The Hall–Kier alpha value is -3.59. The summed E-state index contributed by atoms with van der Waals surface area (Å²) in [6.45, 7) is 3.09. The average Bonchev–Trinajstić information content (AvgIpc) is 3.06. The van der Waals surface area contributed by atoms with Crippen LogP contribution in [-0.2, 0) is 6.54 Å². The maximum absolute atomic E-state index is 10.3. The van der Waals surface area contributed by atoms with Crippen LogP contribution in [0.15, 0.2) is 83.9 Å². The van der Waals surface area contributed by atoms with Crippen LogP contribution in [0, 0.1) is 0 Å². The summed E-state index contributed by atoms with van der Waals surface area (Å²) >= 11 is 0. The highest BCUT2D eigenvalue weighted by Crippen LogP contribution is 2.32. The number of aliphatic imine (C=N–C) groups is 1. The Morgan fingerprint density at radius 3 is 2.43 bits per heavy atom. The molecule has 0 aliphatic rings. The van der Waals surface area contributed by atoms with Crippen molar-refractivity contribution in [2.45, 2.75) is 13.5 Å². The second kappa shape index (κ2) is 6.54. The lowest BCUT2D eigenvalue weighted by Crippen LogP contribution is -1.92. The predicted octanol–water partition coefficient (Wildman–Crippen LogP) is 6.42. The number of rotatable bonds is 3. The van der Waals surface area contributed by atoms with E-state index in [0.717, 1.165) is 28.6 Å². The van der Waals surface area contributed by atoms with Crippen LogP contribution in [0.25, 0.3) is 32.6 Å². The average molecular weight is 364 g/mol. The van der Waals surface area contributed by atoms with Crippen molar-refractivity contribution in [3.8, 4) is 5.75 Å². The van der Waals surface area contributed by atoms with E-state index in [-0.39, 0.29) is 5.75 Å². The van der Waals surface area contributed by atoms with E-state index < -0.39 is 0 Å². The summed E-state index contributed by atoms with van der Waals surface area (Å²) in [5.74, 6) is 0.242. The van der Waals surface area contributed by atoms with E-state index in [1.54, 1.807) is 12.3 Å². The minimum absolute atomic E-state index is 0.242. The Kier molecular flexibility index (Phi) is 3.87. The molecule has 0 unspecified atom stereocenters. The van der Waals surface area contributed by atoms with E-state index in [1.165, 1.54) is 21.8 Å². The maximum Gasteiger partial charge on any atom is 0.124 e. The normalized spacial score (nSPS) is 11.9. The molecular weight excluding hydrogens is 344 g/mol. The Morgan fingerprint density at radius 2 is 1.57 bits per heavy atom. The van der Waals surface area contributed by atoms with Gasteiger partial charge in [-0.2, -0.15) is 0 Å². The lowest BCUT2D eigenvalue weighted by molar-refractivity contribution is 0.475. The van der Waals surface area contributed by atoms with Gasteiger partial charge in [0.25, 0.3) is 0 Å². The fourth-order valence-corrected chi connectivity index (χ4v) is 4.02. The molecule has 136 valence electrons. The largest absolute Gasteiger partial charge is 0.507 e. The first-order chi connectivity index (χ1) is 13.8. The Balaban J connectivity index is 1.65. The highest BCUT2D eigenvalue weighted by molar-refractivity contribution is 6.09. The quantitative estimate of drug-likeness (QED) is 0.368. The number of phenolic OH excluding ortho intramolecular Hbond substituents is 1. The summed E-state index contributed by atoms with van der Waals surface area (Å²) in [6.07, 6.45) is 1.76. The number of aromatic nitrogens is 1. The number of aryl methyl sites for hydroxylation is 1. The van der Waals surface area contributed by atoms with E-state index >= 15 is 0 Å². The van der Waals surface area contributed by atoms with Gasteiger partial charge in [0.1, 0.15) is 5.75 Å². The first kappa shape index (κ1) is 16.6. The summed E-state index contributed by atoms with van der Waals surface area (Å²) in [7, 11) is 0. The number of fused-ring (bicyclic) bond motifs is 4. The molecule has 0 aliphatic heterocycles. The molecule has 0 atom stereocenters. The number of para-hydroxylation sites is 1. The number of phenols is 1. The number of hydrogen-bond acceptors (Lipinski definition) is 2. The van der Waals surface area contributed by atoms with E-state index in [9.17, 15) is 5.11 Å². The number of hydrogen-bond donors (Lipinski definition) is 1. The van der Waals surface area contributed by atoms with Crippen molar-refractivity contribution in [2.24, 2.45) is 4.99 Å². The molecule has 3 nitrogen and oxygen atoms in total. The van der Waals surface area contributed by atoms with Gasteiger partial charge in [0.2, 0.25) is 0 Å². The fourth-order valence-electron chi connectivity index (χ4n) is 4.02. The standard InChI is InChI=1S/C25H20N2O/c1-2-27-23-10-6-5-9-20(23)21-15-18(12-13-24(21)27)26-16-22-19-8-4-3-7-17(19)11-14-25(22)28/h3-16,28H,2H2,1H3. The van der Waals surface area contributed by atoms with Crippen molar-refractivity contribution < 1.29 is 5.11 Å². The van der Waals surface area contributed by atoms with Crippen molar-refractivity contribution in [3.05, 3.63) is 84.4 Å². The van der Waals surface area contributed by atoms with E-state index in [4.69, 9.17) is 0 Å². The van der Waals surface area contributed by atoms with Crippen molar-refractivity contribution >= 4 is 44.5 Å². The molecule has 1 aromatic heterocycles. The number of nitrogens with zero attached hydrogens (tertiary/aromatic N) is 2. The van der Waals surface area contributed by atoms with Crippen LogP contribution < -0.4 is 0 Å². The van der Waals surface area contributed by atoms with Gasteiger partial charge < -0.3 is 9.67 Å². The fraction of sp³-hybridized carbons (Fsp3) is 0.0800. The molecule has 1 N–H and O–H groups in total. The molecule has 0 fully saturated rings. The van der Waals surface area contributed by atoms with Crippen molar-refractivity contribution in [1.29, 1.82) is 0 Å². The first-order valence-electron chi connectivity index (χ1n) is 9.52. The Morgan fingerprint density at radius 1 is 0.821 bits per heavy atom. The van der Waals surface area contributed by atoms with Gasteiger partial charge >= 0.3 is 0 Å². The molecule has 0 saturated heterocycles. The van der Waals surface area contributed by atoms with Gasteiger partial charge in [-0.15, -0.1) is 0 Å². The van der Waals surface area contributed by atoms with Gasteiger partial charge in [-0.1, -0.05) is 48.5 Å². The summed E-state index contributed by atoms with van der Waals surface area (Å²) < 4.78 is 2.33. The molecule has 0 saturated carbocycles. The topological polar surface area (TPSA) is 37.5 Å². The van der Waals surface area contributed by atoms with Gasteiger partial charge in [0.15, 0.2) is 0 Å². The lowest BCUT2D eigenvalue weighted by Gasteiger charge is -2.05. The molecule has 0 bridgehead atoms.